The molecule has 0 unspecified atom stereocenters. The molecule has 1 nitrogen and oxygen atoms in total. The van der Waals surface area contributed by atoms with Gasteiger partial charge >= 0.3 is 0 Å². The van der Waals surface area contributed by atoms with E-state index in [1.807, 2.05) is 0 Å². The SMILES string of the molecule is c1ccc(C(c2ccccc2)[NH+]2CCC2)cc1. The average Bonchev–Trinajstić information content (AvgIpc) is 2.36. The molecule has 0 saturated carbocycles. The van der Waals surface area contributed by atoms with Gasteiger partial charge in [0.05, 0.1) is 13.1 Å². The maximum Gasteiger partial charge on any atom is 0.139 e. The maximum absolute atomic E-state index is 2.25. The van der Waals surface area contributed by atoms with E-state index in [9.17, 15) is 0 Å². The summed E-state index contributed by atoms with van der Waals surface area (Å²) in [6, 6.07) is 22.3. The van der Waals surface area contributed by atoms with Crippen LogP contribution in [0.1, 0.15) is 23.6 Å². The number of nitrogens with one attached hydrogen (secondary N) is 1. The summed E-state index contributed by atoms with van der Waals surface area (Å²) in [5, 5.41) is 0. The fourth-order valence-corrected chi connectivity index (χ4v) is 2.62. The van der Waals surface area contributed by atoms with Crippen LogP contribution in [0.3, 0.4) is 0 Å². The molecule has 2 aromatic rings. The second-order valence-electron chi connectivity index (χ2n) is 4.77. The van der Waals surface area contributed by atoms with Crippen LogP contribution >= 0.6 is 0 Å². The van der Waals surface area contributed by atoms with Crippen molar-refractivity contribution in [2.75, 3.05) is 13.1 Å². The average molecular weight is 224 g/mol. The van der Waals surface area contributed by atoms with Crippen LogP contribution in [0.2, 0.25) is 0 Å². The molecule has 0 spiro atoms. The lowest BCUT2D eigenvalue weighted by molar-refractivity contribution is -0.963. The van der Waals surface area contributed by atoms with Crippen molar-refractivity contribution in [2.45, 2.75) is 12.5 Å². The van der Waals surface area contributed by atoms with Crippen molar-refractivity contribution in [1.29, 1.82) is 0 Å². The fourth-order valence-electron chi connectivity index (χ4n) is 2.62. The molecule has 0 amide bonds. The van der Waals surface area contributed by atoms with Crippen LogP contribution in [-0.4, -0.2) is 13.1 Å². The normalized spacial score (nSPS) is 15.8. The quantitative estimate of drug-likeness (QED) is 0.814. The number of benzene rings is 2. The number of likely N-dealkylation sites (tertiary alicyclic amines) is 1. The molecule has 1 aliphatic heterocycles. The monoisotopic (exact) mass is 224 g/mol. The van der Waals surface area contributed by atoms with Gasteiger partial charge in [-0.05, 0) is 0 Å². The third-order valence-corrected chi connectivity index (χ3v) is 3.67. The first-order chi connectivity index (χ1) is 8.45. The molecule has 1 heterocycles. The third-order valence-electron chi connectivity index (χ3n) is 3.67. The van der Waals surface area contributed by atoms with E-state index in [1.165, 1.54) is 30.6 Å². The molecule has 1 fully saturated rings. The molecule has 1 heteroatoms. The predicted octanol–water partition coefficient (Wildman–Crippen LogP) is 2.06. The summed E-state index contributed by atoms with van der Waals surface area (Å²) in [5.74, 6) is 0. The molecule has 1 aliphatic rings. The van der Waals surface area contributed by atoms with E-state index < -0.39 is 0 Å². The van der Waals surface area contributed by atoms with Gasteiger partial charge in [0, 0.05) is 17.5 Å². The topological polar surface area (TPSA) is 4.44 Å². The van der Waals surface area contributed by atoms with Gasteiger partial charge in [-0.2, -0.15) is 0 Å². The molecule has 0 radical (unpaired) electrons. The van der Waals surface area contributed by atoms with E-state index in [1.54, 1.807) is 4.90 Å². The van der Waals surface area contributed by atoms with Gasteiger partial charge in [0.1, 0.15) is 6.04 Å². The summed E-state index contributed by atoms with van der Waals surface area (Å²) < 4.78 is 0. The fraction of sp³-hybridized carbons (Fsp3) is 0.250. The molecule has 86 valence electrons. The molecule has 3 rings (SSSR count). The minimum Gasteiger partial charge on any atom is -0.325 e. The van der Waals surface area contributed by atoms with Crippen LogP contribution in [0.15, 0.2) is 60.7 Å². The van der Waals surface area contributed by atoms with Crippen molar-refractivity contribution in [3.8, 4) is 0 Å². The predicted molar refractivity (Wildman–Crippen MR) is 70.0 cm³/mol. The first kappa shape index (κ1) is 10.5. The Balaban J connectivity index is 1.98. The van der Waals surface area contributed by atoms with Crippen LogP contribution < -0.4 is 4.90 Å². The Morgan fingerprint density at radius 2 is 1.18 bits per heavy atom. The highest BCUT2D eigenvalue weighted by Gasteiger charge is 2.30. The van der Waals surface area contributed by atoms with Crippen LogP contribution in [0.5, 0.6) is 0 Å². The van der Waals surface area contributed by atoms with Crippen molar-refractivity contribution in [2.24, 2.45) is 0 Å². The van der Waals surface area contributed by atoms with E-state index in [0.29, 0.717) is 6.04 Å². The number of hydrogen-bond donors (Lipinski definition) is 1. The Morgan fingerprint density at radius 1 is 0.706 bits per heavy atom. The van der Waals surface area contributed by atoms with Crippen molar-refractivity contribution in [3.05, 3.63) is 71.8 Å². The van der Waals surface area contributed by atoms with Gasteiger partial charge in [0.25, 0.3) is 0 Å². The summed E-state index contributed by atoms with van der Waals surface area (Å²) in [7, 11) is 0. The van der Waals surface area contributed by atoms with Gasteiger partial charge in [-0.25, -0.2) is 0 Å². The second kappa shape index (κ2) is 4.72. The molecule has 0 atom stereocenters. The lowest BCUT2D eigenvalue weighted by Crippen LogP contribution is -3.18. The molecular formula is C16H18N+. The lowest BCUT2D eigenvalue weighted by Gasteiger charge is -2.35. The van der Waals surface area contributed by atoms with Crippen LogP contribution in [0, 0.1) is 0 Å². The second-order valence-corrected chi connectivity index (χ2v) is 4.77. The van der Waals surface area contributed by atoms with Gasteiger partial charge in [0.15, 0.2) is 0 Å². The Hall–Kier alpha value is -1.60. The standard InChI is InChI=1S/C16H17N/c1-3-8-14(9-4-1)16(17-12-7-13-17)15-10-5-2-6-11-15/h1-6,8-11,16H,7,12-13H2/p+1. The number of rotatable bonds is 3. The Kier molecular flexibility index (Phi) is 2.93. The summed E-state index contributed by atoms with van der Waals surface area (Å²) in [5.41, 5.74) is 2.88. The highest BCUT2D eigenvalue weighted by atomic mass is 15.2. The minimum absolute atomic E-state index is 0.520. The van der Waals surface area contributed by atoms with E-state index in [4.69, 9.17) is 0 Å². The summed E-state index contributed by atoms with van der Waals surface area (Å²) >= 11 is 0. The summed E-state index contributed by atoms with van der Waals surface area (Å²) in [4.78, 5) is 1.70. The first-order valence-corrected chi connectivity index (χ1v) is 6.39. The molecule has 0 aromatic heterocycles. The number of hydrogen-bond acceptors (Lipinski definition) is 0. The number of quaternary nitrogens is 1. The van der Waals surface area contributed by atoms with Crippen LogP contribution in [-0.2, 0) is 0 Å². The van der Waals surface area contributed by atoms with E-state index in [2.05, 4.69) is 60.7 Å². The minimum atomic E-state index is 0.520. The summed E-state index contributed by atoms with van der Waals surface area (Å²) in [6.07, 6.45) is 1.37. The zero-order valence-corrected chi connectivity index (χ0v) is 9.97. The Bertz CT molecular complexity index is 420. The van der Waals surface area contributed by atoms with Crippen molar-refractivity contribution < 1.29 is 4.90 Å². The Labute approximate surface area is 103 Å². The molecule has 2 aromatic carbocycles. The lowest BCUT2D eigenvalue weighted by atomic mass is 9.95. The van der Waals surface area contributed by atoms with Gasteiger partial charge in [-0.1, -0.05) is 60.7 Å². The van der Waals surface area contributed by atoms with Gasteiger partial charge in [-0.15, -0.1) is 0 Å². The molecule has 17 heavy (non-hydrogen) atoms. The van der Waals surface area contributed by atoms with E-state index in [-0.39, 0.29) is 0 Å². The molecular weight excluding hydrogens is 206 g/mol. The highest BCUT2D eigenvalue weighted by Crippen LogP contribution is 2.19. The van der Waals surface area contributed by atoms with Crippen LogP contribution in [0.25, 0.3) is 0 Å². The zero-order chi connectivity index (χ0) is 11.5. The maximum atomic E-state index is 2.25. The largest absolute Gasteiger partial charge is 0.325 e. The van der Waals surface area contributed by atoms with Gasteiger partial charge < -0.3 is 4.90 Å². The highest BCUT2D eigenvalue weighted by molar-refractivity contribution is 5.29. The van der Waals surface area contributed by atoms with Crippen molar-refractivity contribution >= 4 is 0 Å². The van der Waals surface area contributed by atoms with E-state index in [0.717, 1.165) is 0 Å². The molecule has 0 aliphatic carbocycles. The third kappa shape index (κ3) is 2.11. The van der Waals surface area contributed by atoms with Crippen molar-refractivity contribution in [1.82, 2.24) is 0 Å². The first-order valence-electron chi connectivity index (χ1n) is 6.39. The molecule has 0 bridgehead atoms. The molecule has 1 saturated heterocycles. The van der Waals surface area contributed by atoms with Gasteiger partial charge in [0.2, 0.25) is 0 Å². The Morgan fingerprint density at radius 3 is 1.53 bits per heavy atom. The van der Waals surface area contributed by atoms with E-state index >= 15 is 0 Å². The van der Waals surface area contributed by atoms with Crippen molar-refractivity contribution in [3.63, 3.8) is 0 Å². The zero-order valence-electron chi connectivity index (χ0n) is 9.97. The van der Waals surface area contributed by atoms with Crippen LogP contribution in [0.4, 0.5) is 0 Å². The smallest absolute Gasteiger partial charge is 0.139 e. The summed E-state index contributed by atoms with van der Waals surface area (Å²) in [6.45, 7) is 2.60. The van der Waals surface area contributed by atoms with Gasteiger partial charge in [-0.3, -0.25) is 0 Å². The molecule has 1 N–H and O–H groups in total.